The number of nitrogens with zero attached hydrogens (tertiary/aromatic N) is 2. The van der Waals surface area contributed by atoms with E-state index in [-0.39, 0.29) is 6.04 Å². The first kappa shape index (κ1) is 35.4. The van der Waals surface area contributed by atoms with Crippen LogP contribution in [0.2, 0.25) is 0 Å². The van der Waals surface area contributed by atoms with Crippen molar-refractivity contribution < 1.29 is 0 Å². The normalized spacial score (nSPS) is 14.4. The van der Waals surface area contributed by atoms with E-state index < -0.39 is 0 Å². The summed E-state index contributed by atoms with van der Waals surface area (Å²) in [5.41, 5.74) is 19.0. The molecule has 0 bridgehead atoms. The maximum absolute atomic E-state index is 2.61. The molecule has 0 aliphatic heterocycles. The number of rotatable bonds is 5. The Morgan fingerprint density at radius 2 is 1.02 bits per heavy atom. The third-order valence-corrected chi connectivity index (χ3v) is 14.2. The Balaban J connectivity index is 0.838. The molecule has 2 heterocycles. The van der Waals surface area contributed by atoms with Gasteiger partial charge >= 0.3 is 0 Å². The van der Waals surface area contributed by atoms with Crippen LogP contribution in [-0.4, -0.2) is 9.13 Å². The highest BCUT2D eigenvalue weighted by molar-refractivity contribution is 6.19. The van der Waals surface area contributed by atoms with Crippen molar-refractivity contribution in [3.05, 3.63) is 230 Å². The number of para-hydroxylation sites is 2. The van der Waals surface area contributed by atoms with Crippen LogP contribution in [0.4, 0.5) is 0 Å². The summed E-state index contributed by atoms with van der Waals surface area (Å²) in [4.78, 5) is 0. The van der Waals surface area contributed by atoms with Crippen molar-refractivity contribution in [2.75, 3.05) is 0 Å². The zero-order valence-electron chi connectivity index (χ0n) is 35.0. The van der Waals surface area contributed by atoms with E-state index in [4.69, 9.17) is 0 Å². The first-order valence-electron chi connectivity index (χ1n) is 22.4. The van der Waals surface area contributed by atoms with E-state index >= 15 is 0 Å². The maximum atomic E-state index is 2.61. The smallest absolute Gasteiger partial charge is 0.0576 e. The highest BCUT2D eigenvalue weighted by Gasteiger charge is 2.23. The second kappa shape index (κ2) is 13.6. The van der Waals surface area contributed by atoms with Crippen molar-refractivity contribution in [2.24, 2.45) is 0 Å². The highest BCUT2D eigenvalue weighted by atomic mass is 15.0. The van der Waals surface area contributed by atoms with Crippen molar-refractivity contribution in [3.63, 3.8) is 0 Å². The fourth-order valence-electron chi connectivity index (χ4n) is 11.2. The monoisotopic (exact) mass is 812 g/mol. The quantitative estimate of drug-likeness (QED) is 0.164. The molecule has 0 amide bonds. The molecule has 12 aromatic rings. The third-order valence-electron chi connectivity index (χ3n) is 14.2. The van der Waals surface area contributed by atoms with Crippen LogP contribution in [0.1, 0.15) is 18.0 Å². The van der Waals surface area contributed by atoms with Crippen LogP contribution < -0.4 is 0 Å². The summed E-state index contributed by atoms with van der Waals surface area (Å²) in [5.74, 6) is 0. The van der Waals surface area contributed by atoms with Gasteiger partial charge in [-0.2, -0.15) is 0 Å². The van der Waals surface area contributed by atoms with Gasteiger partial charge in [0.15, 0.2) is 0 Å². The zero-order chi connectivity index (χ0) is 41.9. The van der Waals surface area contributed by atoms with Gasteiger partial charge in [-0.1, -0.05) is 170 Å². The minimum atomic E-state index is 0.171. The van der Waals surface area contributed by atoms with Crippen LogP contribution in [0.5, 0.6) is 0 Å². The summed E-state index contributed by atoms with van der Waals surface area (Å²) in [5, 5.41) is 10.3. The number of hydrogen-bond acceptors (Lipinski definition) is 0. The molecule has 14 rings (SSSR count). The van der Waals surface area contributed by atoms with E-state index in [2.05, 4.69) is 234 Å². The predicted molar refractivity (Wildman–Crippen MR) is 271 cm³/mol. The first-order chi connectivity index (χ1) is 31.7. The second-order valence-corrected chi connectivity index (χ2v) is 17.6. The van der Waals surface area contributed by atoms with Crippen molar-refractivity contribution in [1.29, 1.82) is 0 Å². The Morgan fingerprint density at radius 1 is 0.375 bits per heavy atom. The molecule has 1 atom stereocenters. The van der Waals surface area contributed by atoms with Crippen LogP contribution in [0.3, 0.4) is 0 Å². The average Bonchev–Trinajstić information content (AvgIpc) is 4.00. The molecule has 0 saturated heterocycles. The van der Waals surface area contributed by atoms with Crippen LogP contribution in [0, 0.1) is 0 Å². The summed E-state index contributed by atoms with van der Waals surface area (Å²) in [6.45, 7) is 0. The number of benzene rings is 10. The van der Waals surface area contributed by atoms with Crippen LogP contribution >= 0.6 is 0 Å². The SMILES string of the molecule is C1=CC(n2c3ccc(-c4ccc5c(c4)c4ccccc4n5-c4ccccc4)cc3c3ccc4ccccc4c32)CC=C1c1cccc(-c2ccc3c(c2)-c2cccc4cccc-3c24)c1. The van der Waals surface area contributed by atoms with Gasteiger partial charge < -0.3 is 9.13 Å². The molecule has 2 nitrogen and oxygen atoms in total. The molecule has 298 valence electrons. The van der Waals surface area contributed by atoms with E-state index in [1.165, 1.54) is 126 Å². The predicted octanol–water partition coefficient (Wildman–Crippen LogP) is 16.8. The fraction of sp³-hybridized carbons (Fsp3) is 0.0323. The lowest BCUT2D eigenvalue weighted by Gasteiger charge is -2.22. The number of hydrogen-bond donors (Lipinski definition) is 0. The van der Waals surface area contributed by atoms with E-state index in [1.807, 2.05) is 0 Å². The molecule has 64 heavy (non-hydrogen) atoms. The molecule has 0 saturated carbocycles. The molecule has 2 heteroatoms. The summed E-state index contributed by atoms with van der Waals surface area (Å²) >= 11 is 0. The number of fused-ring (bicyclic) bond motifs is 11. The van der Waals surface area contributed by atoms with Crippen molar-refractivity contribution >= 4 is 70.7 Å². The van der Waals surface area contributed by atoms with Gasteiger partial charge in [0.05, 0.1) is 22.6 Å². The van der Waals surface area contributed by atoms with Crippen molar-refractivity contribution in [2.45, 2.75) is 12.5 Å². The molecule has 1 unspecified atom stereocenters. The van der Waals surface area contributed by atoms with Crippen LogP contribution in [-0.2, 0) is 0 Å². The Bertz CT molecular complexity index is 3980. The molecular formula is C62H40N2. The molecular weight excluding hydrogens is 773 g/mol. The molecule has 0 N–H and O–H groups in total. The van der Waals surface area contributed by atoms with Crippen LogP contribution in [0.25, 0.3) is 121 Å². The first-order valence-corrected chi connectivity index (χ1v) is 22.4. The van der Waals surface area contributed by atoms with E-state index in [0.717, 1.165) is 6.42 Å². The highest BCUT2D eigenvalue weighted by Crippen LogP contribution is 2.49. The Morgan fingerprint density at radius 3 is 1.84 bits per heavy atom. The topological polar surface area (TPSA) is 9.86 Å². The fourth-order valence-corrected chi connectivity index (χ4v) is 11.2. The number of aromatic nitrogens is 2. The minimum absolute atomic E-state index is 0.171. The molecule has 10 aromatic carbocycles. The van der Waals surface area contributed by atoms with Crippen LogP contribution in [0.15, 0.2) is 224 Å². The molecule has 2 aliphatic carbocycles. The van der Waals surface area contributed by atoms with Gasteiger partial charge in [0.25, 0.3) is 0 Å². The minimum Gasteiger partial charge on any atom is -0.333 e. The van der Waals surface area contributed by atoms with Gasteiger partial charge in [0.2, 0.25) is 0 Å². The summed E-state index contributed by atoms with van der Waals surface area (Å²) in [6, 6.07) is 76.7. The van der Waals surface area contributed by atoms with Crippen molar-refractivity contribution in [3.8, 4) is 50.2 Å². The van der Waals surface area contributed by atoms with Gasteiger partial charge in [0, 0.05) is 38.1 Å². The van der Waals surface area contributed by atoms with Gasteiger partial charge in [-0.25, -0.2) is 0 Å². The van der Waals surface area contributed by atoms with Gasteiger partial charge in [0.1, 0.15) is 0 Å². The molecule has 2 aliphatic rings. The molecule has 0 fully saturated rings. The zero-order valence-corrected chi connectivity index (χ0v) is 35.0. The molecule has 0 spiro atoms. The van der Waals surface area contributed by atoms with Gasteiger partial charge in [-0.3, -0.25) is 0 Å². The summed E-state index contributed by atoms with van der Waals surface area (Å²) in [6.07, 6.45) is 8.14. The summed E-state index contributed by atoms with van der Waals surface area (Å²) in [7, 11) is 0. The Labute approximate surface area is 370 Å². The number of allylic oxidation sites excluding steroid dienone is 4. The largest absolute Gasteiger partial charge is 0.333 e. The van der Waals surface area contributed by atoms with E-state index in [9.17, 15) is 0 Å². The lowest BCUT2D eigenvalue weighted by molar-refractivity contribution is 0.650. The average molecular weight is 813 g/mol. The Hall–Kier alpha value is -8.20. The molecule has 2 aromatic heterocycles. The lowest BCUT2D eigenvalue weighted by Crippen LogP contribution is -2.08. The lowest BCUT2D eigenvalue weighted by atomic mass is 9.92. The van der Waals surface area contributed by atoms with Gasteiger partial charge in [-0.15, -0.1) is 0 Å². The standard InChI is InChI=1S/C62H40N2/c1-2-16-47(17-3-1)63-58-22-7-6-19-51(58)56-37-45(27-33-59(56)63)46-28-34-60-57(38-46)54-32-25-40-11-4-5-18-49(40)62(54)64(60)48-29-23-39(24-30-48)42-14-8-15-43(35-42)44-26-31-50-52-20-9-12-41-13-10-21-53(61(41)52)55(50)36-44/h1-29,31-38,48H,30H2. The van der Waals surface area contributed by atoms with Gasteiger partial charge in [-0.05, 0) is 133 Å². The summed E-state index contributed by atoms with van der Waals surface area (Å²) < 4.78 is 5.00. The maximum Gasteiger partial charge on any atom is 0.0576 e. The van der Waals surface area contributed by atoms with E-state index in [0.29, 0.717) is 0 Å². The third kappa shape index (κ3) is 5.20. The molecule has 0 radical (unpaired) electrons. The van der Waals surface area contributed by atoms with Crippen molar-refractivity contribution in [1.82, 2.24) is 9.13 Å². The van der Waals surface area contributed by atoms with E-state index in [1.54, 1.807) is 0 Å². The Kier molecular flexibility index (Phi) is 7.55. The second-order valence-electron chi connectivity index (χ2n) is 17.6.